The van der Waals surface area contributed by atoms with Gasteiger partial charge >= 0.3 is 12.0 Å². The summed E-state index contributed by atoms with van der Waals surface area (Å²) in [6, 6.07) is 9.54. The smallest absolute Gasteiger partial charge is 0.338 e. The van der Waals surface area contributed by atoms with Crippen molar-refractivity contribution in [1.29, 1.82) is 0 Å². The first-order valence-corrected chi connectivity index (χ1v) is 9.39. The highest BCUT2D eigenvalue weighted by Gasteiger charge is 2.20. The maximum atomic E-state index is 12.3. The van der Waals surface area contributed by atoms with Gasteiger partial charge in [0, 0.05) is 18.8 Å². The number of nitrogens with zero attached hydrogens (tertiary/aromatic N) is 1. The van der Waals surface area contributed by atoms with Crippen LogP contribution in [0.1, 0.15) is 36.7 Å². The first-order chi connectivity index (χ1) is 13.8. The number of rotatable bonds is 7. The molecule has 2 aromatic rings. The van der Waals surface area contributed by atoms with Crippen LogP contribution >= 0.6 is 11.6 Å². The third kappa shape index (κ3) is 7.08. The molecule has 0 aliphatic rings. The van der Waals surface area contributed by atoms with Gasteiger partial charge in [0.15, 0.2) is 11.3 Å². The van der Waals surface area contributed by atoms with E-state index in [0.29, 0.717) is 17.8 Å². The van der Waals surface area contributed by atoms with Gasteiger partial charge in [-0.2, -0.15) is 0 Å². The highest BCUT2D eigenvalue weighted by atomic mass is 35.5. The molecule has 8 nitrogen and oxygen atoms in total. The number of ether oxygens (including phenoxy) is 1. The SMILES string of the molecule is CC(C)NC(=O)NCc1ccc(C(=O)O[C@H](C)C(=O)Nc2cccnc2Cl)cc1. The van der Waals surface area contributed by atoms with E-state index in [-0.39, 0.29) is 17.2 Å². The van der Waals surface area contributed by atoms with Gasteiger partial charge in [-0.05, 0) is 50.6 Å². The lowest BCUT2D eigenvalue weighted by Crippen LogP contribution is -2.39. The molecule has 0 spiro atoms. The fraction of sp³-hybridized carbons (Fsp3) is 0.300. The number of nitrogens with one attached hydrogen (secondary N) is 3. The third-order valence-corrected chi connectivity index (χ3v) is 4.03. The summed E-state index contributed by atoms with van der Waals surface area (Å²) >= 11 is 5.90. The van der Waals surface area contributed by atoms with Gasteiger partial charge in [0.25, 0.3) is 5.91 Å². The molecule has 0 bridgehead atoms. The van der Waals surface area contributed by atoms with Crippen LogP contribution in [0.4, 0.5) is 10.5 Å². The molecule has 9 heteroatoms. The van der Waals surface area contributed by atoms with E-state index in [1.807, 2.05) is 13.8 Å². The second-order valence-electron chi connectivity index (χ2n) is 6.56. The van der Waals surface area contributed by atoms with Crippen LogP contribution < -0.4 is 16.0 Å². The highest BCUT2D eigenvalue weighted by molar-refractivity contribution is 6.32. The standard InChI is InChI=1S/C20H23ClN4O4/c1-12(2)24-20(28)23-11-14-6-8-15(9-7-14)19(27)29-13(3)18(26)25-16-5-4-10-22-17(16)21/h4-10,12-13H,11H2,1-3H3,(H,25,26)(H2,23,24,28)/t13-/m1/s1. The molecule has 0 saturated carbocycles. The molecule has 3 N–H and O–H groups in total. The van der Waals surface area contributed by atoms with Crippen molar-refractivity contribution < 1.29 is 19.1 Å². The van der Waals surface area contributed by atoms with E-state index in [9.17, 15) is 14.4 Å². The maximum Gasteiger partial charge on any atom is 0.338 e. The highest BCUT2D eigenvalue weighted by Crippen LogP contribution is 2.18. The van der Waals surface area contributed by atoms with E-state index in [1.54, 1.807) is 36.4 Å². The minimum atomic E-state index is -1.03. The molecule has 0 fully saturated rings. The molecule has 0 aliphatic carbocycles. The van der Waals surface area contributed by atoms with E-state index in [1.165, 1.54) is 13.1 Å². The quantitative estimate of drug-likeness (QED) is 0.472. The second kappa shape index (κ2) is 10.4. The van der Waals surface area contributed by atoms with E-state index < -0.39 is 18.0 Å². The molecular weight excluding hydrogens is 396 g/mol. The Morgan fingerprint density at radius 1 is 1.10 bits per heavy atom. The summed E-state index contributed by atoms with van der Waals surface area (Å²) in [5.41, 5.74) is 1.44. The van der Waals surface area contributed by atoms with Gasteiger partial charge < -0.3 is 20.7 Å². The van der Waals surface area contributed by atoms with Crippen LogP contribution in [0, 0.1) is 0 Å². The topological polar surface area (TPSA) is 109 Å². The Hall–Kier alpha value is -3.13. The summed E-state index contributed by atoms with van der Waals surface area (Å²) in [4.78, 5) is 39.9. The Morgan fingerprint density at radius 2 is 1.79 bits per heavy atom. The van der Waals surface area contributed by atoms with Crippen molar-refractivity contribution in [2.24, 2.45) is 0 Å². The first-order valence-electron chi connectivity index (χ1n) is 9.02. The van der Waals surface area contributed by atoms with Crippen LogP contribution in [0.3, 0.4) is 0 Å². The summed E-state index contributed by atoms with van der Waals surface area (Å²) in [7, 11) is 0. The van der Waals surface area contributed by atoms with Gasteiger partial charge in [-0.3, -0.25) is 4.79 Å². The zero-order valence-corrected chi connectivity index (χ0v) is 17.1. The van der Waals surface area contributed by atoms with Crippen LogP contribution in [-0.4, -0.2) is 35.0 Å². The van der Waals surface area contributed by atoms with Gasteiger partial charge in [0.1, 0.15) is 0 Å². The van der Waals surface area contributed by atoms with Crippen molar-refractivity contribution in [2.75, 3.05) is 5.32 Å². The molecule has 154 valence electrons. The predicted molar refractivity (Wildman–Crippen MR) is 110 cm³/mol. The van der Waals surface area contributed by atoms with Crippen molar-refractivity contribution in [1.82, 2.24) is 15.6 Å². The van der Waals surface area contributed by atoms with Crippen LogP contribution in [0.2, 0.25) is 5.15 Å². The molecule has 1 aromatic heterocycles. The molecule has 1 aromatic carbocycles. The number of carbonyl (C=O) groups is 3. The third-order valence-electron chi connectivity index (χ3n) is 3.73. The molecular formula is C20H23ClN4O4. The summed E-state index contributed by atoms with van der Waals surface area (Å²) in [5, 5.41) is 8.14. The fourth-order valence-electron chi connectivity index (χ4n) is 2.25. The summed E-state index contributed by atoms with van der Waals surface area (Å²) in [6.07, 6.45) is 0.469. The van der Waals surface area contributed by atoms with Crippen molar-refractivity contribution in [2.45, 2.75) is 39.5 Å². The van der Waals surface area contributed by atoms with Crippen LogP contribution in [0.5, 0.6) is 0 Å². The Balaban J connectivity index is 1.87. The Labute approximate surface area is 174 Å². The van der Waals surface area contributed by atoms with Crippen LogP contribution in [-0.2, 0) is 16.1 Å². The molecule has 0 unspecified atom stereocenters. The minimum Gasteiger partial charge on any atom is -0.449 e. The molecule has 1 atom stereocenters. The van der Waals surface area contributed by atoms with Gasteiger partial charge in [-0.15, -0.1) is 0 Å². The van der Waals surface area contributed by atoms with E-state index in [4.69, 9.17) is 16.3 Å². The average molecular weight is 419 g/mol. The molecule has 0 aliphatic heterocycles. The molecule has 1 heterocycles. The van der Waals surface area contributed by atoms with Crippen molar-refractivity contribution in [3.05, 3.63) is 58.9 Å². The normalized spacial score (nSPS) is 11.5. The predicted octanol–water partition coefficient (Wildman–Crippen LogP) is 3.13. The number of hydrogen-bond donors (Lipinski definition) is 3. The van der Waals surface area contributed by atoms with E-state index in [0.717, 1.165) is 5.56 Å². The Kier molecular flexibility index (Phi) is 7.97. The number of urea groups is 1. The van der Waals surface area contributed by atoms with Gasteiger partial charge in [0.05, 0.1) is 11.3 Å². The fourth-order valence-corrected chi connectivity index (χ4v) is 2.42. The lowest BCUT2D eigenvalue weighted by Gasteiger charge is -2.14. The second-order valence-corrected chi connectivity index (χ2v) is 6.92. The number of esters is 1. The average Bonchev–Trinajstić information content (AvgIpc) is 2.68. The van der Waals surface area contributed by atoms with E-state index in [2.05, 4.69) is 20.9 Å². The lowest BCUT2D eigenvalue weighted by atomic mass is 10.1. The Bertz CT molecular complexity index is 871. The van der Waals surface area contributed by atoms with Crippen molar-refractivity contribution >= 4 is 35.2 Å². The number of carbonyl (C=O) groups excluding carboxylic acids is 3. The van der Waals surface area contributed by atoms with Gasteiger partial charge in [-0.25, -0.2) is 14.6 Å². The minimum absolute atomic E-state index is 0.0421. The lowest BCUT2D eigenvalue weighted by molar-refractivity contribution is -0.123. The maximum absolute atomic E-state index is 12.3. The molecule has 0 radical (unpaired) electrons. The van der Waals surface area contributed by atoms with E-state index >= 15 is 0 Å². The summed E-state index contributed by atoms with van der Waals surface area (Å²) in [6.45, 7) is 5.51. The first kappa shape index (κ1) is 22.2. The number of amides is 3. The van der Waals surface area contributed by atoms with Crippen molar-refractivity contribution in [3.63, 3.8) is 0 Å². The number of hydrogen-bond acceptors (Lipinski definition) is 5. The molecule has 2 rings (SSSR count). The number of anilines is 1. The zero-order valence-electron chi connectivity index (χ0n) is 16.4. The molecule has 3 amide bonds. The van der Waals surface area contributed by atoms with Crippen LogP contribution in [0.15, 0.2) is 42.6 Å². The molecule has 0 saturated heterocycles. The molecule has 29 heavy (non-hydrogen) atoms. The van der Waals surface area contributed by atoms with Gasteiger partial charge in [0.2, 0.25) is 0 Å². The van der Waals surface area contributed by atoms with Crippen LogP contribution in [0.25, 0.3) is 0 Å². The number of benzene rings is 1. The number of aromatic nitrogens is 1. The number of pyridine rings is 1. The monoisotopic (exact) mass is 418 g/mol. The van der Waals surface area contributed by atoms with Gasteiger partial charge in [-0.1, -0.05) is 23.7 Å². The Morgan fingerprint density at radius 3 is 2.41 bits per heavy atom. The van der Waals surface area contributed by atoms with Crippen molar-refractivity contribution in [3.8, 4) is 0 Å². The largest absolute Gasteiger partial charge is 0.449 e. The summed E-state index contributed by atoms with van der Waals surface area (Å²) in [5.74, 6) is -1.16. The zero-order chi connectivity index (χ0) is 21.4. The number of halogens is 1. The summed E-state index contributed by atoms with van der Waals surface area (Å²) < 4.78 is 5.20.